The summed E-state index contributed by atoms with van der Waals surface area (Å²) in [6.07, 6.45) is 1.65. The van der Waals surface area contributed by atoms with E-state index >= 15 is 0 Å². The largest absolute Gasteiger partial charge is 0.496 e. The highest BCUT2D eigenvalue weighted by Crippen LogP contribution is 2.31. The number of aromatic nitrogens is 2. The summed E-state index contributed by atoms with van der Waals surface area (Å²) in [6, 6.07) is 25.2. The van der Waals surface area contributed by atoms with Gasteiger partial charge in [0.15, 0.2) is 5.17 Å². The van der Waals surface area contributed by atoms with E-state index in [1.807, 2.05) is 42.5 Å². The molecule has 2 heterocycles. The second kappa shape index (κ2) is 10.5. The van der Waals surface area contributed by atoms with Gasteiger partial charge in [0.25, 0.3) is 5.91 Å². The second-order valence-corrected chi connectivity index (χ2v) is 8.80. The van der Waals surface area contributed by atoms with Crippen LogP contribution in [0.1, 0.15) is 16.1 Å². The van der Waals surface area contributed by atoms with Crippen LogP contribution in [-0.2, 0) is 4.79 Å². The van der Waals surface area contributed by atoms with Crippen molar-refractivity contribution in [1.82, 2.24) is 5.27 Å². The maximum atomic E-state index is 13.4. The molecule has 37 heavy (non-hydrogen) atoms. The topological polar surface area (TPSA) is 109 Å². The molecule has 4 aromatic rings. The number of benzene rings is 3. The summed E-state index contributed by atoms with van der Waals surface area (Å²) in [6.45, 7) is 0. The third kappa shape index (κ3) is 4.87. The Labute approximate surface area is 215 Å². The van der Waals surface area contributed by atoms with Crippen molar-refractivity contribution in [3.63, 3.8) is 0 Å². The van der Waals surface area contributed by atoms with Crippen molar-refractivity contribution in [3.8, 4) is 11.4 Å². The van der Waals surface area contributed by atoms with Gasteiger partial charge in [0.05, 0.1) is 18.6 Å². The molecule has 0 radical (unpaired) electrons. The van der Waals surface area contributed by atoms with Crippen molar-refractivity contribution < 1.29 is 23.5 Å². The number of methoxy groups -OCH3 is 1. The molecule has 0 atom stereocenters. The van der Waals surface area contributed by atoms with E-state index in [9.17, 15) is 14.4 Å². The highest BCUT2D eigenvalue weighted by molar-refractivity contribution is 8.14. The first-order valence-electron chi connectivity index (χ1n) is 11.2. The molecule has 9 nitrogen and oxygen atoms in total. The minimum absolute atomic E-state index is 0.146. The summed E-state index contributed by atoms with van der Waals surface area (Å²) in [5.74, 6) is -0.362. The fraction of sp³-hybridized carbons (Fsp3) is 0.0741. The Morgan fingerprint density at radius 2 is 1.70 bits per heavy atom. The zero-order valence-electron chi connectivity index (χ0n) is 19.7. The molecule has 0 saturated carbocycles. The van der Waals surface area contributed by atoms with Crippen LogP contribution in [0, 0.1) is 0 Å². The van der Waals surface area contributed by atoms with Gasteiger partial charge in [-0.25, -0.2) is 9.79 Å². The number of nitrogens with one attached hydrogen (secondary N) is 1. The number of aliphatic imine (C=N–C) groups is 1. The van der Waals surface area contributed by atoms with Crippen LogP contribution in [0.5, 0.6) is 5.75 Å². The summed E-state index contributed by atoms with van der Waals surface area (Å²) >= 11 is 1.06. The van der Waals surface area contributed by atoms with Gasteiger partial charge in [0.1, 0.15) is 11.4 Å². The molecular formula is C27H21N4O5S+. The molecule has 3 aromatic carbocycles. The third-order valence-corrected chi connectivity index (χ3v) is 6.47. The van der Waals surface area contributed by atoms with Crippen molar-refractivity contribution in [1.29, 1.82) is 0 Å². The Morgan fingerprint density at radius 1 is 1.03 bits per heavy atom. The minimum atomic E-state index is -0.782. The fourth-order valence-electron chi connectivity index (χ4n) is 3.80. The second-order valence-electron chi connectivity index (χ2n) is 7.85. The van der Waals surface area contributed by atoms with E-state index < -0.39 is 11.4 Å². The van der Waals surface area contributed by atoms with Gasteiger partial charge in [-0.05, 0) is 34.2 Å². The molecule has 1 aliphatic heterocycles. The average Bonchev–Trinajstić information content (AvgIpc) is 3.47. The summed E-state index contributed by atoms with van der Waals surface area (Å²) in [4.78, 5) is 44.9. The molecule has 1 aliphatic rings. The maximum Gasteiger partial charge on any atom is 0.438 e. The number of ether oxygens (including phenoxy) is 1. The normalized spacial score (nSPS) is 14.2. The summed E-state index contributed by atoms with van der Waals surface area (Å²) in [5.41, 5.74) is 1.14. The number of amides is 1. The van der Waals surface area contributed by atoms with Crippen molar-refractivity contribution in [2.75, 3.05) is 17.8 Å². The SMILES string of the molecule is COc1ccccc1/C=C1/N=C(SCC(=O)c2c(=O)o[nH][n+]2-c2ccccc2)N(c2ccccc2)C1=O. The number of H-pyrrole nitrogens is 1. The number of Topliss-reactive ketones (excluding diaryl/α,β-unsaturated/α-hetero) is 1. The summed E-state index contributed by atoms with van der Waals surface area (Å²) in [5, 5.41) is 2.79. The van der Waals surface area contributed by atoms with Crippen LogP contribution in [0.15, 0.2) is 105 Å². The number of para-hydroxylation sites is 3. The van der Waals surface area contributed by atoms with E-state index in [4.69, 9.17) is 9.26 Å². The van der Waals surface area contributed by atoms with Crippen LogP contribution >= 0.6 is 11.8 Å². The highest BCUT2D eigenvalue weighted by Gasteiger charge is 2.35. The zero-order valence-corrected chi connectivity index (χ0v) is 20.5. The van der Waals surface area contributed by atoms with Crippen LogP contribution in [0.25, 0.3) is 11.8 Å². The maximum absolute atomic E-state index is 13.4. The molecule has 5 rings (SSSR count). The van der Waals surface area contributed by atoms with E-state index in [-0.39, 0.29) is 23.1 Å². The van der Waals surface area contributed by atoms with Gasteiger partial charge in [-0.1, -0.05) is 66.4 Å². The molecule has 1 amide bonds. The average molecular weight is 514 g/mol. The Balaban J connectivity index is 1.46. The van der Waals surface area contributed by atoms with Crippen LogP contribution < -0.4 is 19.9 Å². The Morgan fingerprint density at radius 3 is 2.43 bits per heavy atom. The number of hydrogen-bond acceptors (Lipinski definition) is 7. The summed E-state index contributed by atoms with van der Waals surface area (Å²) < 4.78 is 11.6. The van der Waals surface area contributed by atoms with E-state index in [1.54, 1.807) is 55.7 Å². The molecule has 1 N–H and O–H groups in total. The molecule has 0 fully saturated rings. The van der Waals surface area contributed by atoms with Gasteiger partial charge in [-0.15, -0.1) is 0 Å². The lowest BCUT2D eigenvalue weighted by atomic mass is 10.1. The molecule has 0 saturated heterocycles. The van der Waals surface area contributed by atoms with E-state index in [2.05, 4.69) is 10.3 Å². The molecule has 0 aliphatic carbocycles. The molecule has 0 spiro atoms. The minimum Gasteiger partial charge on any atom is -0.496 e. The number of nitrogens with zero attached hydrogens (tertiary/aromatic N) is 3. The van der Waals surface area contributed by atoms with Crippen molar-refractivity contribution in [2.45, 2.75) is 0 Å². The van der Waals surface area contributed by atoms with Crippen molar-refractivity contribution >= 4 is 40.4 Å². The van der Waals surface area contributed by atoms with Crippen LogP contribution in [0.2, 0.25) is 0 Å². The quantitative estimate of drug-likeness (QED) is 0.230. The predicted octanol–water partition coefficient (Wildman–Crippen LogP) is 3.61. The van der Waals surface area contributed by atoms with Gasteiger partial charge in [-0.2, -0.15) is 0 Å². The zero-order chi connectivity index (χ0) is 25.8. The number of carbonyl (C=O) groups is 2. The molecule has 0 unspecified atom stereocenters. The Kier molecular flexibility index (Phi) is 6.82. The predicted molar refractivity (Wildman–Crippen MR) is 140 cm³/mol. The molecular weight excluding hydrogens is 492 g/mol. The lowest BCUT2D eigenvalue weighted by molar-refractivity contribution is -0.672. The van der Waals surface area contributed by atoms with Gasteiger partial charge in [0, 0.05) is 17.7 Å². The van der Waals surface area contributed by atoms with Crippen LogP contribution in [-0.4, -0.2) is 35.0 Å². The number of aromatic amines is 1. The van der Waals surface area contributed by atoms with Crippen molar-refractivity contribution in [3.05, 3.63) is 112 Å². The number of anilines is 1. The van der Waals surface area contributed by atoms with Crippen LogP contribution in [0.3, 0.4) is 0 Å². The first kappa shape index (κ1) is 24.0. The molecule has 0 bridgehead atoms. The number of hydrogen-bond donors (Lipinski definition) is 1. The number of thioether (sulfide) groups is 1. The molecule has 10 heteroatoms. The van der Waals surface area contributed by atoms with Gasteiger partial charge in [-0.3, -0.25) is 19.0 Å². The highest BCUT2D eigenvalue weighted by atomic mass is 32.2. The number of rotatable bonds is 7. The number of amidine groups is 1. The monoisotopic (exact) mass is 513 g/mol. The number of ketones is 1. The smallest absolute Gasteiger partial charge is 0.438 e. The van der Waals surface area contributed by atoms with Gasteiger partial charge < -0.3 is 4.74 Å². The lowest BCUT2D eigenvalue weighted by Gasteiger charge is -2.17. The third-order valence-electron chi connectivity index (χ3n) is 5.53. The lowest BCUT2D eigenvalue weighted by Crippen LogP contribution is -2.41. The van der Waals surface area contributed by atoms with Crippen molar-refractivity contribution in [2.24, 2.45) is 4.99 Å². The molecule has 184 valence electrons. The Hall–Kier alpha value is -4.70. The summed E-state index contributed by atoms with van der Waals surface area (Å²) in [7, 11) is 1.56. The van der Waals surface area contributed by atoms with E-state index in [1.165, 1.54) is 9.58 Å². The van der Waals surface area contributed by atoms with E-state index in [0.717, 1.165) is 11.8 Å². The first-order valence-corrected chi connectivity index (χ1v) is 12.2. The van der Waals surface area contributed by atoms with Gasteiger partial charge in [0.2, 0.25) is 11.5 Å². The van der Waals surface area contributed by atoms with E-state index in [0.29, 0.717) is 27.9 Å². The molecule has 1 aromatic heterocycles. The first-order chi connectivity index (χ1) is 18.1. The number of carbonyl (C=O) groups excluding carboxylic acids is 2. The Bertz CT molecular complexity index is 1580. The van der Waals surface area contributed by atoms with Crippen LogP contribution in [0.4, 0.5) is 5.69 Å². The fourth-order valence-corrected chi connectivity index (χ4v) is 4.68. The van der Waals surface area contributed by atoms with Gasteiger partial charge >= 0.3 is 11.3 Å². The standard InChI is InChI=1S/C27H20N4O5S/c1-35-23-15-9-8-10-18(23)16-21-25(33)30(19-11-4-2-5-12-19)27(28-21)37-17-22(32)24-26(34)36-29-31(24)20-13-6-3-7-14-20/h2-16H,17H2,1H3/p+1/b21-16+.